The fourth-order valence-electron chi connectivity index (χ4n) is 2.87. The standard InChI is InChI=1S/C19H16ClF3N4O3/c1-30-16(28)12-7-6-11(20)10-14(12)26-18(29)24-8-9-27-15-5-3-2-4-13(15)25-17(27)19(21,22)23/h2-7,10H,8-9H2,1H3,(H2,24,26,29). The fraction of sp³-hybridized carbons (Fsp3) is 0.211. The normalized spacial score (nSPS) is 11.4. The Labute approximate surface area is 173 Å². The van der Waals surface area contributed by atoms with Gasteiger partial charge in [0.2, 0.25) is 5.82 Å². The molecule has 158 valence electrons. The topological polar surface area (TPSA) is 85.2 Å². The van der Waals surface area contributed by atoms with Crippen LogP contribution in [0.1, 0.15) is 16.2 Å². The van der Waals surface area contributed by atoms with Gasteiger partial charge in [-0.05, 0) is 30.3 Å². The molecule has 3 aromatic rings. The Morgan fingerprint density at radius 3 is 2.63 bits per heavy atom. The summed E-state index contributed by atoms with van der Waals surface area (Å²) >= 11 is 5.90. The summed E-state index contributed by atoms with van der Waals surface area (Å²) in [5.74, 6) is -1.73. The van der Waals surface area contributed by atoms with Crippen molar-refractivity contribution in [2.24, 2.45) is 0 Å². The molecule has 1 aromatic heterocycles. The third-order valence-electron chi connectivity index (χ3n) is 4.16. The second-order valence-corrected chi connectivity index (χ2v) is 6.57. The van der Waals surface area contributed by atoms with Gasteiger partial charge in [0, 0.05) is 18.1 Å². The smallest absolute Gasteiger partial charge is 0.449 e. The van der Waals surface area contributed by atoms with Crippen LogP contribution in [0.4, 0.5) is 23.7 Å². The van der Waals surface area contributed by atoms with Gasteiger partial charge in [-0.3, -0.25) is 0 Å². The van der Waals surface area contributed by atoms with Gasteiger partial charge in [0.05, 0.1) is 29.4 Å². The van der Waals surface area contributed by atoms with Gasteiger partial charge in [0.1, 0.15) is 0 Å². The predicted octanol–water partition coefficient (Wildman–Crippen LogP) is 4.32. The molecule has 2 N–H and O–H groups in total. The second-order valence-electron chi connectivity index (χ2n) is 6.14. The minimum Gasteiger partial charge on any atom is -0.465 e. The number of fused-ring (bicyclic) bond motifs is 1. The van der Waals surface area contributed by atoms with Gasteiger partial charge in [-0.2, -0.15) is 13.2 Å². The number of esters is 1. The number of methoxy groups -OCH3 is 1. The van der Waals surface area contributed by atoms with Crippen LogP contribution < -0.4 is 10.6 Å². The van der Waals surface area contributed by atoms with E-state index in [0.29, 0.717) is 5.52 Å². The molecule has 0 unspecified atom stereocenters. The minimum absolute atomic E-state index is 0.0806. The maximum Gasteiger partial charge on any atom is 0.449 e. The van der Waals surface area contributed by atoms with E-state index in [4.69, 9.17) is 11.6 Å². The number of rotatable bonds is 5. The molecule has 0 atom stereocenters. The Morgan fingerprint density at radius 1 is 1.20 bits per heavy atom. The Morgan fingerprint density at radius 2 is 1.93 bits per heavy atom. The number of amides is 2. The highest BCUT2D eigenvalue weighted by atomic mass is 35.5. The number of carbonyl (C=O) groups is 2. The minimum atomic E-state index is -4.64. The first-order valence-corrected chi connectivity index (χ1v) is 9.03. The molecular formula is C19H16ClF3N4O3. The monoisotopic (exact) mass is 440 g/mol. The van der Waals surface area contributed by atoms with E-state index in [0.717, 1.165) is 4.57 Å². The molecule has 0 bridgehead atoms. The van der Waals surface area contributed by atoms with E-state index >= 15 is 0 Å². The Hall–Kier alpha value is -3.27. The highest BCUT2D eigenvalue weighted by molar-refractivity contribution is 6.31. The molecule has 0 aliphatic heterocycles. The summed E-state index contributed by atoms with van der Waals surface area (Å²) in [6, 6.07) is 9.68. The van der Waals surface area contributed by atoms with Crippen molar-refractivity contribution >= 4 is 40.3 Å². The molecule has 0 aliphatic rings. The maximum atomic E-state index is 13.3. The predicted molar refractivity (Wildman–Crippen MR) is 105 cm³/mol. The molecule has 0 radical (unpaired) electrons. The van der Waals surface area contributed by atoms with Gasteiger partial charge in [0.15, 0.2) is 0 Å². The molecule has 30 heavy (non-hydrogen) atoms. The molecule has 7 nitrogen and oxygen atoms in total. The van der Waals surface area contributed by atoms with Crippen LogP contribution in [-0.2, 0) is 17.5 Å². The molecule has 11 heteroatoms. The third-order valence-corrected chi connectivity index (χ3v) is 4.40. The van der Waals surface area contributed by atoms with Crippen LogP contribution in [0.2, 0.25) is 5.02 Å². The van der Waals surface area contributed by atoms with Gasteiger partial charge in [0.25, 0.3) is 0 Å². The number of anilines is 1. The highest BCUT2D eigenvalue weighted by Gasteiger charge is 2.37. The zero-order valence-corrected chi connectivity index (χ0v) is 16.3. The summed E-state index contributed by atoms with van der Waals surface area (Å²) in [5.41, 5.74) is 0.693. The molecule has 0 fully saturated rings. The molecule has 0 saturated heterocycles. The number of urea groups is 1. The SMILES string of the molecule is COC(=O)c1ccc(Cl)cc1NC(=O)NCCn1c(C(F)(F)F)nc2ccccc21. The molecule has 0 spiro atoms. The van der Waals surface area contributed by atoms with Crippen LogP contribution in [0.15, 0.2) is 42.5 Å². The third kappa shape index (κ3) is 4.65. The number of halogens is 4. The number of aromatic nitrogens is 2. The largest absolute Gasteiger partial charge is 0.465 e. The lowest BCUT2D eigenvalue weighted by atomic mass is 10.2. The molecular weight excluding hydrogens is 425 g/mol. The van der Waals surface area contributed by atoms with Crippen molar-refractivity contribution in [3.05, 3.63) is 58.9 Å². The van der Waals surface area contributed by atoms with Gasteiger partial charge in [-0.25, -0.2) is 14.6 Å². The summed E-state index contributed by atoms with van der Waals surface area (Å²) in [6.07, 6.45) is -4.64. The lowest BCUT2D eigenvalue weighted by molar-refractivity contribution is -0.146. The van der Waals surface area contributed by atoms with Crippen LogP contribution in [0.25, 0.3) is 11.0 Å². The van der Waals surface area contributed by atoms with E-state index in [9.17, 15) is 22.8 Å². The molecule has 0 saturated carbocycles. The zero-order chi connectivity index (χ0) is 21.9. The van der Waals surface area contributed by atoms with E-state index in [2.05, 4.69) is 20.4 Å². The van der Waals surface area contributed by atoms with Gasteiger partial charge in [-0.15, -0.1) is 0 Å². The number of hydrogen-bond acceptors (Lipinski definition) is 4. The van der Waals surface area contributed by atoms with E-state index < -0.39 is 24.0 Å². The van der Waals surface area contributed by atoms with Crippen LogP contribution in [-0.4, -0.2) is 35.2 Å². The number of alkyl halides is 3. The van der Waals surface area contributed by atoms with Gasteiger partial charge >= 0.3 is 18.2 Å². The first kappa shape index (κ1) is 21.4. The summed E-state index contributed by atoms with van der Waals surface area (Å²) in [7, 11) is 1.19. The van der Waals surface area contributed by atoms with Crippen molar-refractivity contribution in [2.45, 2.75) is 12.7 Å². The first-order valence-electron chi connectivity index (χ1n) is 8.66. The van der Waals surface area contributed by atoms with Crippen molar-refractivity contribution in [3.63, 3.8) is 0 Å². The quantitative estimate of drug-likeness (QED) is 0.579. The van der Waals surface area contributed by atoms with E-state index in [1.807, 2.05) is 0 Å². The summed E-state index contributed by atoms with van der Waals surface area (Å²) in [5, 5.41) is 5.18. The lowest BCUT2D eigenvalue weighted by Gasteiger charge is -2.13. The number of para-hydroxylation sites is 2. The summed E-state index contributed by atoms with van der Waals surface area (Å²) in [4.78, 5) is 27.6. The van der Waals surface area contributed by atoms with E-state index in [-0.39, 0.29) is 34.9 Å². The van der Waals surface area contributed by atoms with Crippen molar-refractivity contribution in [1.29, 1.82) is 0 Å². The lowest BCUT2D eigenvalue weighted by Crippen LogP contribution is -2.32. The van der Waals surface area contributed by atoms with Gasteiger partial charge < -0.3 is 19.9 Å². The average molecular weight is 441 g/mol. The molecule has 2 aromatic carbocycles. The second kappa shape index (κ2) is 8.62. The molecule has 0 aliphatic carbocycles. The van der Waals surface area contributed by atoms with E-state index in [1.165, 1.54) is 37.4 Å². The first-order chi connectivity index (χ1) is 14.2. The summed E-state index contributed by atoms with van der Waals surface area (Å²) < 4.78 is 45.6. The Balaban J connectivity index is 1.72. The molecule has 3 rings (SSSR count). The maximum absolute atomic E-state index is 13.3. The zero-order valence-electron chi connectivity index (χ0n) is 15.6. The van der Waals surface area contributed by atoms with Crippen LogP contribution in [0.3, 0.4) is 0 Å². The van der Waals surface area contributed by atoms with Gasteiger partial charge in [-0.1, -0.05) is 23.7 Å². The van der Waals surface area contributed by atoms with Crippen molar-refractivity contribution in [3.8, 4) is 0 Å². The van der Waals surface area contributed by atoms with Crippen LogP contribution in [0.5, 0.6) is 0 Å². The number of benzene rings is 2. The number of hydrogen-bond donors (Lipinski definition) is 2. The molecule has 1 heterocycles. The number of ether oxygens (including phenoxy) is 1. The Bertz CT molecular complexity index is 1100. The number of imidazole rings is 1. The van der Waals surface area contributed by atoms with Crippen LogP contribution >= 0.6 is 11.6 Å². The summed E-state index contributed by atoms with van der Waals surface area (Å²) in [6.45, 7) is -0.286. The van der Waals surface area contributed by atoms with Crippen molar-refractivity contribution in [1.82, 2.24) is 14.9 Å². The highest BCUT2D eigenvalue weighted by Crippen LogP contribution is 2.31. The van der Waals surface area contributed by atoms with Crippen molar-refractivity contribution in [2.75, 3.05) is 19.0 Å². The number of nitrogens with zero attached hydrogens (tertiary/aromatic N) is 2. The van der Waals surface area contributed by atoms with Crippen LogP contribution in [0, 0.1) is 0 Å². The molecule has 2 amide bonds. The average Bonchev–Trinajstić information content (AvgIpc) is 3.07. The van der Waals surface area contributed by atoms with Crippen molar-refractivity contribution < 1.29 is 27.5 Å². The Kier molecular flexibility index (Phi) is 6.16. The van der Waals surface area contributed by atoms with E-state index in [1.54, 1.807) is 12.1 Å². The fourth-order valence-corrected chi connectivity index (χ4v) is 3.05. The number of nitrogens with one attached hydrogen (secondary N) is 2. The number of carbonyl (C=O) groups excluding carboxylic acids is 2.